The van der Waals surface area contributed by atoms with E-state index in [1.54, 1.807) is 30.3 Å². The number of benzene rings is 3. The standard InChI is InChI=1S/C18H15IO3S/c20-23(21,18-14-8-3-9-15-18)22-19(16-10-4-1-5-11-16)17-12-6-2-7-13-17/h1-15H/q+1. The topological polar surface area (TPSA) is 43.4 Å². The third kappa shape index (κ3) is 3.99. The van der Waals surface area contributed by atoms with Gasteiger partial charge < -0.3 is 0 Å². The monoisotopic (exact) mass is 438 g/mol. The van der Waals surface area contributed by atoms with E-state index in [0.29, 0.717) is 0 Å². The van der Waals surface area contributed by atoms with Crippen LogP contribution in [-0.2, 0) is 12.6 Å². The second-order valence-electron chi connectivity index (χ2n) is 4.67. The normalized spacial score (nSPS) is 11.5. The van der Waals surface area contributed by atoms with Gasteiger partial charge in [0.25, 0.3) is 0 Å². The summed E-state index contributed by atoms with van der Waals surface area (Å²) in [5.74, 6) is 0. The van der Waals surface area contributed by atoms with Gasteiger partial charge in [-0.05, 0) is 38.9 Å². The van der Waals surface area contributed by atoms with Crippen LogP contribution in [0.5, 0.6) is 0 Å². The largest absolute Gasteiger partial charge is 0.336 e. The highest BCUT2D eigenvalue weighted by Crippen LogP contribution is 2.08. The average Bonchev–Trinajstić information content (AvgIpc) is 2.62. The molecule has 3 nitrogen and oxygen atoms in total. The Morgan fingerprint density at radius 3 is 1.43 bits per heavy atom. The molecule has 0 bridgehead atoms. The fraction of sp³-hybridized carbons (Fsp3) is 0. The average molecular weight is 438 g/mol. The smallest absolute Gasteiger partial charge is 0.190 e. The molecule has 5 heteroatoms. The van der Waals surface area contributed by atoms with Crippen LogP contribution in [0.2, 0.25) is 0 Å². The molecule has 0 aliphatic rings. The van der Waals surface area contributed by atoms with Crippen LogP contribution in [0.3, 0.4) is 0 Å². The number of rotatable bonds is 5. The minimum Gasteiger partial charge on any atom is -0.190 e. The molecule has 0 aliphatic heterocycles. The van der Waals surface area contributed by atoms with Crippen molar-refractivity contribution in [3.8, 4) is 0 Å². The molecule has 0 spiro atoms. The van der Waals surface area contributed by atoms with Gasteiger partial charge in [-0.1, -0.05) is 54.6 Å². The molecular weight excluding hydrogens is 423 g/mol. The van der Waals surface area contributed by atoms with Crippen LogP contribution in [0.25, 0.3) is 0 Å². The molecule has 3 rings (SSSR count). The Kier molecular flexibility index (Phi) is 5.09. The third-order valence-corrected chi connectivity index (χ3v) is 10.4. The van der Waals surface area contributed by atoms with E-state index in [9.17, 15) is 8.42 Å². The molecular formula is C18H15IO3S+. The quantitative estimate of drug-likeness (QED) is 0.551. The molecule has 0 atom stereocenters. The molecule has 0 saturated heterocycles. The molecule has 0 fully saturated rings. The third-order valence-electron chi connectivity index (χ3n) is 3.04. The Balaban J connectivity index is 2.00. The fourth-order valence-corrected chi connectivity index (χ4v) is 8.98. The van der Waals surface area contributed by atoms with Gasteiger partial charge in [0.2, 0.25) is 0 Å². The molecule has 1 radical (unpaired) electrons. The molecule has 0 heterocycles. The zero-order valence-electron chi connectivity index (χ0n) is 12.2. The molecule has 0 aliphatic carbocycles. The van der Waals surface area contributed by atoms with Crippen molar-refractivity contribution in [2.75, 3.05) is 0 Å². The summed E-state index contributed by atoms with van der Waals surface area (Å²) in [6, 6.07) is 27.4. The molecule has 0 amide bonds. The summed E-state index contributed by atoms with van der Waals surface area (Å²) >= 11 is -2.54. The summed E-state index contributed by atoms with van der Waals surface area (Å²) in [5.41, 5.74) is 0. The number of hydrogen-bond donors (Lipinski definition) is 0. The van der Waals surface area contributed by atoms with E-state index >= 15 is 0 Å². The van der Waals surface area contributed by atoms with E-state index in [4.69, 9.17) is 2.51 Å². The SMILES string of the molecule is O=S(=O)(O[I+](c1ccccc1)c1ccccc1)c1ccccc1. The van der Waals surface area contributed by atoms with E-state index in [1.807, 2.05) is 60.7 Å². The lowest BCUT2D eigenvalue weighted by Gasteiger charge is -2.05. The van der Waals surface area contributed by atoms with Gasteiger partial charge in [-0.2, -0.15) is 8.42 Å². The zero-order valence-corrected chi connectivity index (χ0v) is 15.1. The lowest BCUT2D eigenvalue weighted by molar-refractivity contribution is -1.03. The summed E-state index contributed by atoms with van der Waals surface area (Å²) < 4.78 is 32.8. The molecule has 0 unspecified atom stereocenters. The minimum absolute atomic E-state index is 0.189. The molecule has 0 N–H and O–H groups in total. The Labute approximate surface area is 144 Å². The highest BCUT2D eigenvalue weighted by atomic mass is 127. The predicted molar refractivity (Wildman–Crippen MR) is 85.0 cm³/mol. The minimum atomic E-state index is -3.79. The van der Waals surface area contributed by atoms with Crippen molar-refractivity contribution in [1.29, 1.82) is 0 Å². The van der Waals surface area contributed by atoms with Gasteiger partial charge in [-0.3, -0.25) is 0 Å². The molecule has 0 saturated carbocycles. The summed E-state index contributed by atoms with van der Waals surface area (Å²) in [6.07, 6.45) is 0. The first kappa shape index (κ1) is 16.2. The molecule has 0 aromatic heterocycles. The lowest BCUT2D eigenvalue weighted by atomic mass is 10.4. The molecule has 3 aromatic carbocycles. The van der Waals surface area contributed by atoms with Crippen molar-refractivity contribution in [2.45, 2.75) is 4.90 Å². The summed E-state index contributed by atoms with van der Waals surface area (Å²) in [4.78, 5) is 0.189. The Morgan fingerprint density at radius 1 is 0.609 bits per heavy atom. The van der Waals surface area contributed by atoms with E-state index in [2.05, 4.69) is 0 Å². The van der Waals surface area contributed by atoms with Gasteiger partial charge in [0.1, 0.15) is 0 Å². The van der Waals surface area contributed by atoms with Crippen molar-refractivity contribution in [3.05, 3.63) is 98.1 Å². The first-order valence-corrected chi connectivity index (χ1v) is 11.4. The maximum absolute atomic E-state index is 12.6. The van der Waals surface area contributed by atoms with Crippen LogP contribution in [-0.4, -0.2) is 8.42 Å². The van der Waals surface area contributed by atoms with E-state index < -0.39 is 30.4 Å². The van der Waals surface area contributed by atoms with Crippen molar-refractivity contribution >= 4 is 10.1 Å². The molecule has 23 heavy (non-hydrogen) atoms. The van der Waals surface area contributed by atoms with Crippen LogP contribution in [0.1, 0.15) is 0 Å². The van der Waals surface area contributed by atoms with Crippen LogP contribution in [0, 0.1) is 7.14 Å². The zero-order chi connectivity index (χ0) is 16.1. The molecule has 3 aromatic rings. The van der Waals surface area contributed by atoms with Gasteiger partial charge in [0, 0.05) is 0 Å². The highest BCUT2D eigenvalue weighted by Gasteiger charge is 2.37. The van der Waals surface area contributed by atoms with Gasteiger partial charge >= 0.3 is 30.4 Å². The van der Waals surface area contributed by atoms with Gasteiger partial charge in [0.15, 0.2) is 7.14 Å². The van der Waals surface area contributed by atoms with Crippen molar-refractivity contribution in [1.82, 2.24) is 0 Å². The van der Waals surface area contributed by atoms with Gasteiger partial charge in [-0.15, -0.1) is 0 Å². The van der Waals surface area contributed by atoms with Crippen LogP contribution < -0.4 is 20.2 Å². The van der Waals surface area contributed by atoms with Crippen LogP contribution >= 0.6 is 0 Å². The maximum Gasteiger partial charge on any atom is 0.336 e. The Morgan fingerprint density at radius 2 is 1.00 bits per heavy atom. The molecule has 117 valence electrons. The van der Waals surface area contributed by atoms with Gasteiger partial charge in [-0.25, -0.2) is 0 Å². The summed E-state index contributed by atoms with van der Waals surface area (Å²) in [7, 11) is -3.79. The van der Waals surface area contributed by atoms with Crippen molar-refractivity contribution in [3.63, 3.8) is 0 Å². The predicted octanol–water partition coefficient (Wildman–Crippen LogP) is 0.671. The summed E-state index contributed by atoms with van der Waals surface area (Å²) in [6.45, 7) is 0. The maximum atomic E-state index is 12.6. The van der Waals surface area contributed by atoms with Crippen LogP contribution in [0.4, 0.5) is 0 Å². The fourth-order valence-electron chi connectivity index (χ4n) is 1.96. The van der Waals surface area contributed by atoms with Crippen LogP contribution in [0.15, 0.2) is 95.9 Å². The summed E-state index contributed by atoms with van der Waals surface area (Å²) in [5, 5.41) is 0. The van der Waals surface area contributed by atoms with E-state index in [-0.39, 0.29) is 4.90 Å². The second-order valence-corrected chi connectivity index (χ2v) is 11.2. The number of halogens is 1. The van der Waals surface area contributed by atoms with Gasteiger partial charge in [0.05, 0.1) is 4.90 Å². The first-order valence-electron chi connectivity index (χ1n) is 6.97. The lowest BCUT2D eigenvalue weighted by Crippen LogP contribution is -3.85. The van der Waals surface area contributed by atoms with Crippen molar-refractivity contribution in [2.24, 2.45) is 0 Å². The number of hydrogen-bond acceptors (Lipinski definition) is 3. The first-order chi connectivity index (χ1) is 11.2. The van der Waals surface area contributed by atoms with E-state index in [0.717, 1.165) is 7.14 Å². The Hall–Kier alpha value is -1.70. The highest BCUT2D eigenvalue weighted by molar-refractivity contribution is 7.86. The van der Waals surface area contributed by atoms with E-state index in [1.165, 1.54) is 0 Å². The Bertz CT molecular complexity index is 811. The van der Waals surface area contributed by atoms with Crippen molar-refractivity contribution < 1.29 is 31.2 Å². The second kappa shape index (κ2) is 7.25.